The van der Waals surface area contributed by atoms with Crippen molar-refractivity contribution >= 4 is 27.5 Å². The molecule has 0 saturated heterocycles. The predicted octanol–water partition coefficient (Wildman–Crippen LogP) is 3.43. The van der Waals surface area contributed by atoms with E-state index in [9.17, 15) is 9.59 Å². The van der Waals surface area contributed by atoms with Crippen molar-refractivity contribution in [2.45, 2.75) is 13.3 Å². The van der Waals surface area contributed by atoms with Crippen LogP contribution >= 0.6 is 15.9 Å². The summed E-state index contributed by atoms with van der Waals surface area (Å²) in [5, 5.41) is 2.77. The van der Waals surface area contributed by atoms with Crippen LogP contribution in [0.1, 0.15) is 11.3 Å². The van der Waals surface area contributed by atoms with Crippen LogP contribution in [0.25, 0.3) is 5.69 Å². The third-order valence-corrected chi connectivity index (χ3v) is 4.63. The quantitative estimate of drug-likeness (QED) is 0.730. The van der Waals surface area contributed by atoms with Crippen molar-refractivity contribution in [1.29, 1.82) is 0 Å². The second-order valence-electron chi connectivity index (χ2n) is 5.79. The first-order valence-corrected chi connectivity index (χ1v) is 8.65. The zero-order valence-electron chi connectivity index (χ0n) is 14.0. The van der Waals surface area contributed by atoms with E-state index in [0.717, 1.165) is 15.7 Å². The van der Waals surface area contributed by atoms with Gasteiger partial charge in [-0.05, 0) is 36.8 Å². The Morgan fingerprint density at radius 2 is 1.72 bits per heavy atom. The van der Waals surface area contributed by atoms with Crippen LogP contribution in [0, 0.1) is 6.92 Å². The Morgan fingerprint density at radius 3 is 2.36 bits per heavy atom. The normalized spacial score (nSPS) is 10.7. The van der Waals surface area contributed by atoms with Gasteiger partial charge in [-0.2, -0.15) is 0 Å². The van der Waals surface area contributed by atoms with Crippen molar-refractivity contribution in [3.05, 3.63) is 80.7 Å². The first kappa shape index (κ1) is 17.2. The molecule has 1 N–H and O–H groups in total. The predicted molar refractivity (Wildman–Crippen MR) is 102 cm³/mol. The van der Waals surface area contributed by atoms with E-state index in [2.05, 4.69) is 21.2 Å². The van der Waals surface area contributed by atoms with Gasteiger partial charge in [0, 0.05) is 11.5 Å². The molecule has 2 aromatic carbocycles. The lowest BCUT2D eigenvalue weighted by Crippen LogP contribution is -2.23. The van der Waals surface area contributed by atoms with Gasteiger partial charge < -0.3 is 5.32 Å². The minimum Gasteiger partial charge on any atom is -0.320 e. The summed E-state index contributed by atoms with van der Waals surface area (Å²) in [5.41, 5.74) is 2.42. The van der Waals surface area contributed by atoms with E-state index in [-0.39, 0.29) is 17.9 Å². The van der Waals surface area contributed by atoms with Gasteiger partial charge in [-0.25, -0.2) is 4.68 Å². The van der Waals surface area contributed by atoms with Gasteiger partial charge in [0.1, 0.15) is 5.69 Å². The second kappa shape index (κ2) is 7.11. The Labute approximate surface area is 154 Å². The maximum absolute atomic E-state index is 12.8. The number of nitrogens with zero attached hydrogens (tertiary/aromatic N) is 2. The van der Waals surface area contributed by atoms with Crippen molar-refractivity contribution in [1.82, 2.24) is 9.36 Å². The molecule has 6 heteroatoms. The summed E-state index contributed by atoms with van der Waals surface area (Å²) in [4.78, 5) is 25.1. The van der Waals surface area contributed by atoms with Crippen molar-refractivity contribution in [3.8, 4) is 5.69 Å². The lowest BCUT2D eigenvalue weighted by Gasteiger charge is -2.07. The van der Waals surface area contributed by atoms with E-state index in [1.165, 1.54) is 0 Å². The molecule has 1 heterocycles. The zero-order valence-corrected chi connectivity index (χ0v) is 15.6. The average Bonchev–Trinajstić information content (AvgIpc) is 2.81. The molecule has 1 aromatic heterocycles. The molecule has 3 aromatic rings. The highest BCUT2D eigenvalue weighted by Gasteiger charge is 2.18. The van der Waals surface area contributed by atoms with Gasteiger partial charge >= 0.3 is 0 Å². The van der Waals surface area contributed by atoms with Crippen molar-refractivity contribution in [2.24, 2.45) is 7.05 Å². The van der Waals surface area contributed by atoms with Crippen molar-refractivity contribution in [2.75, 3.05) is 5.32 Å². The highest BCUT2D eigenvalue weighted by molar-refractivity contribution is 9.10. The Hall–Kier alpha value is -2.60. The number of amides is 1. The maximum Gasteiger partial charge on any atom is 0.295 e. The second-order valence-corrected chi connectivity index (χ2v) is 6.70. The molecule has 0 saturated carbocycles. The summed E-state index contributed by atoms with van der Waals surface area (Å²) in [6, 6.07) is 16.9. The fraction of sp³-hybridized carbons (Fsp3) is 0.158. The van der Waals surface area contributed by atoms with E-state index in [1.54, 1.807) is 16.4 Å². The Kier molecular flexibility index (Phi) is 4.90. The number of carbonyl (C=O) groups is 1. The standard InChI is InChI=1S/C19H18BrN3O2/c1-13-18(21-17(24)12-14-8-10-15(20)11-9-14)19(25)23(22(13)2)16-6-4-3-5-7-16/h3-11H,12H2,1-2H3,(H,21,24). The van der Waals surface area contributed by atoms with Crippen LogP contribution in [0.5, 0.6) is 0 Å². The summed E-state index contributed by atoms with van der Waals surface area (Å²) in [5.74, 6) is -0.215. The number of carbonyl (C=O) groups excluding carboxylic acids is 1. The molecule has 0 spiro atoms. The monoisotopic (exact) mass is 399 g/mol. The molecule has 0 aliphatic rings. The first-order valence-electron chi connectivity index (χ1n) is 7.85. The van der Waals surface area contributed by atoms with Crippen LogP contribution < -0.4 is 10.9 Å². The number of halogens is 1. The number of rotatable bonds is 4. The fourth-order valence-electron chi connectivity index (χ4n) is 2.68. The maximum atomic E-state index is 12.8. The molecular formula is C19H18BrN3O2. The molecular weight excluding hydrogens is 382 g/mol. The number of para-hydroxylation sites is 1. The smallest absolute Gasteiger partial charge is 0.295 e. The summed E-state index contributed by atoms with van der Waals surface area (Å²) in [7, 11) is 1.80. The third kappa shape index (κ3) is 3.58. The van der Waals surface area contributed by atoms with Gasteiger partial charge in [-0.3, -0.25) is 14.3 Å². The van der Waals surface area contributed by atoms with Gasteiger partial charge in [0.05, 0.1) is 17.8 Å². The van der Waals surface area contributed by atoms with Gasteiger partial charge in [0.25, 0.3) is 5.56 Å². The zero-order chi connectivity index (χ0) is 18.0. The molecule has 0 atom stereocenters. The van der Waals surface area contributed by atoms with E-state index >= 15 is 0 Å². The Balaban J connectivity index is 1.87. The summed E-state index contributed by atoms with van der Waals surface area (Å²) in [6.45, 7) is 1.82. The van der Waals surface area contributed by atoms with E-state index in [4.69, 9.17) is 0 Å². The van der Waals surface area contributed by atoms with Gasteiger partial charge in [-0.15, -0.1) is 0 Å². The number of anilines is 1. The van der Waals surface area contributed by atoms with E-state index < -0.39 is 0 Å². The Bertz CT molecular complexity index is 957. The molecule has 0 bridgehead atoms. The SMILES string of the molecule is Cc1c(NC(=O)Cc2ccc(Br)cc2)c(=O)n(-c2ccccc2)n1C. The molecule has 1 amide bonds. The van der Waals surface area contributed by atoms with Crippen molar-refractivity contribution in [3.63, 3.8) is 0 Å². The van der Waals surface area contributed by atoms with Gasteiger partial charge in [0.15, 0.2) is 0 Å². The highest BCUT2D eigenvalue weighted by atomic mass is 79.9. The number of benzene rings is 2. The molecule has 3 rings (SSSR count). The van der Waals surface area contributed by atoms with Crippen LogP contribution in [0.15, 0.2) is 63.9 Å². The highest BCUT2D eigenvalue weighted by Crippen LogP contribution is 2.15. The first-order chi connectivity index (χ1) is 12.0. The number of aromatic nitrogens is 2. The minimum absolute atomic E-state index is 0.215. The molecule has 0 fully saturated rings. The topological polar surface area (TPSA) is 56.0 Å². The van der Waals surface area contributed by atoms with Crippen LogP contribution in [-0.4, -0.2) is 15.3 Å². The summed E-state index contributed by atoms with van der Waals surface area (Å²) >= 11 is 3.37. The number of nitrogens with one attached hydrogen (secondary N) is 1. The molecule has 5 nitrogen and oxygen atoms in total. The summed E-state index contributed by atoms with van der Waals surface area (Å²) < 4.78 is 4.25. The largest absolute Gasteiger partial charge is 0.320 e. The van der Waals surface area contributed by atoms with Gasteiger partial charge in [0.2, 0.25) is 5.91 Å². The molecule has 0 radical (unpaired) electrons. The lowest BCUT2D eigenvalue weighted by atomic mass is 10.1. The number of hydrogen-bond acceptors (Lipinski definition) is 2. The molecule has 0 aliphatic heterocycles. The average molecular weight is 400 g/mol. The van der Waals surface area contributed by atoms with Gasteiger partial charge in [-0.1, -0.05) is 46.3 Å². The fourth-order valence-corrected chi connectivity index (χ4v) is 2.95. The van der Waals surface area contributed by atoms with E-state index in [0.29, 0.717) is 11.4 Å². The lowest BCUT2D eigenvalue weighted by molar-refractivity contribution is -0.115. The Morgan fingerprint density at radius 1 is 1.08 bits per heavy atom. The third-order valence-electron chi connectivity index (χ3n) is 4.10. The van der Waals surface area contributed by atoms with Crippen LogP contribution in [0.3, 0.4) is 0 Å². The van der Waals surface area contributed by atoms with Crippen LogP contribution in [-0.2, 0) is 18.3 Å². The number of hydrogen-bond donors (Lipinski definition) is 1. The molecule has 0 unspecified atom stereocenters. The van der Waals surface area contributed by atoms with Crippen molar-refractivity contribution < 1.29 is 4.79 Å². The minimum atomic E-state index is -0.240. The van der Waals surface area contributed by atoms with E-state index in [1.807, 2.05) is 61.5 Å². The molecule has 25 heavy (non-hydrogen) atoms. The summed E-state index contributed by atoms with van der Waals surface area (Å²) in [6.07, 6.45) is 0.215. The van der Waals surface area contributed by atoms with Crippen LogP contribution in [0.2, 0.25) is 0 Å². The molecule has 128 valence electrons. The van der Waals surface area contributed by atoms with Crippen LogP contribution in [0.4, 0.5) is 5.69 Å². The molecule has 0 aliphatic carbocycles.